The van der Waals surface area contributed by atoms with Crippen molar-refractivity contribution in [3.63, 3.8) is 0 Å². The molecule has 1 aromatic heterocycles. The van der Waals surface area contributed by atoms with Gasteiger partial charge >= 0.3 is 0 Å². The zero-order valence-electron chi connectivity index (χ0n) is 10.7. The minimum Gasteiger partial charge on any atom is -0.387 e. The highest BCUT2D eigenvalue weighted by atomic mass is 35.5. The molecule has 1 heterocycles. The van der Waals surface area contributed by atoms with Gasteiger partial charge in [-0.3, -0.25) is 4.79 Å². The van der Waals surface area contributed by atoms with Crippen LogP contribution in [0.1, 0.15) is 17.4 Å². The molecule has 0 aliphatic carbocycles. The normalized spacial score (nSPS) is 11.9. The van der Waals surface area contributed by atoms with E-state index in [1.54, 1.807) is 12.1 Å². The topological polar surface area (TPSA) is 75.1 Å². The number of nitrogens with one attached hydrogen (secondary N) is 1. The number of aliphatic hydroxyl groups is 1. The quantitative estimate of drug-likeness (QED) is 0.876. The molecule has 0 spiro atoms. The number of amides is 1. The highest BCUT2D eigenvalue weighted by Crippen LogP contribution is 2.10. The summed E-state index contributed by atoms with van der Waals surface area (Å²) >= 11 is 5.61. The van der Waals surface area contributed by atoms with Gasteiger partial charge in [0.25, 0.3) is 0 Å². The number of aliphatic hydroxyl groups excluding tert-OH is 1. The molecule has 1 aromatic carbocycles. The lowest BCUT2D eigenvalue weighted by Crippen LogP contribution is -2.29. The maximum absolute atomic E-state index is 11.7. The number of carbonyl (C=O) groups is 1. The maximum Gasteiger partial charge on any atom is 0.226 e. The van der Waals surface area contributed by atoms with Gasteiger partial charge < -0.3 is 10.4 Å². The van der Waals surface area contributed by atoms with Gasteiger partial charge in [-0.05, 0) is 17.7 Å². The minimum atomic E-state index is -0.726. The van der Waals surface area contributed by atoms with E-state index in [0.29, 0.717) is 5.69 Å². The number of aromatic nitrogens is 2. The van der Waals surface area contributed by atoms with Crippen LogP contribution in [0.2, 0.25) is 5.15 Å². The van der Waals surface area contributed by atoms with Gasteiger partial charge in [0.05, 0.1) is 18.2 Å². The Morgan fingerprint density at radius 1 is 1.20 bits per heavy atom. The van der Waals surface area contributed by atoms with Crippen molar-refractivity contribution in [3.8, 4) is 0 Å². The number of hydrogen-bond acceptors (Lipinski definition) is 4. The van der Waals surface area contributed by atoms with E-state index in [9.17, 15) is 9.90 Å². The minimum absolute atomic E-state index is 0.103. The molecular formula is C14H14ClN3O2. The highest BCUT2D eigenvalue weighted by Gasteiger charge is 2.10. The Morgan fingerprint density at radius 3 is 2.60 bits per heavy atom. The third-order valence-electron chi connectivity index (χ3n) is 2.71. The number of nitrogens with zero attached hydrogens (tertiary/aromatic N) is 2. The van der Waals surface area contributed by atoms with E-state index in [2.05, 4.69) is 15.5 Å². The summed E-state index contributed by atoms with van der Waals surface area (Å²) in [7, 11) is 0. The van der Waals surface area contributed by atoms with Crippen LogP contribution >= 0.6 is 11.6 Å². The first-order valence-corrected chi connectivity index (χ1v) is 6.51. The van der Waals surface area contributed by atoms with Gasteiger partial charge in [0.2, 0.25) is 5.91 Å². The molecule has 0 fully saturated rings. The summed E-state index contributed by atoms with van der Waals surface area (Å²) < 4.78 is 0. The molecule has 0 saturated carbocycles. The lowest BCUT2D eigenvalue weighted by Gasteiger charge is -2.11. The molecule has 1 unspecified atom stereocenters. The van der Waals surface area contributed by atoms with E-state index in [1.165, 1.54) is 0 Å². The standard InChI is InChI=1S/C14H14ClN3O2/c15-13-7-6-11(17-18-13)8-14(20)16-9-12(19)10-4-2-1-3-5-10/h1-7,12,19H,8-9H2,(H,16,20). The number of hydrogen-bond donors (Lipinski definition) is 2. The van der Waals surface area contributed by atoms with Crippen molar-refractivity contribution in [2.75, 3.05) is 6.54 Å². The molecule has 0 saturated heterocycles. The fourth-order valence-electron chi connectivity index (χ4n) is 1.67. The van der Waals surface area contributed by atoms with Gasteiger partial charge in [0.1, 0.15) is 0 Å². The predicted molar refractivity (Wildman–Crippen MR) is 75.2 cm³/mol. The molecule has 0 radical (unpaired) electrons. The van der Waals surface area contributed by atoms with Gasteiger partial charge in [-0.1, -0.05) is 41.9 Å². The average Bonchev–Trinajstić information content (AvgIpc) is 2.48. The Labute approximate surface area is 121 Å². The van der Waals surface area contributed by atoms with Crippen LogP contribution in [-0.2, 0) is 11.2 Å². The third-order valence-corrected chi connectivity index (χ3v) is 2.91. The molecular weight excluding hydrogens is 278 g/mol. The summed E-state index contributed by atoms with van der Waals surface area (Å²) in [5.41, 5.74) is 1.29. The van der Waals surface area contributed by atoms with Gasteiger partial charge in [-0.15, -0.1) is 5.10 Å². The van der Waals surface area contributed by atoms with Crippen molar-refractivity contribution < 1.29 is 9.90 Å². The van der Waals surface area contributed by atoms with Crippen LogP contribution in [-0.4, -0.2) is 27.8 Å². The summed E-state index contributed by atoms with van der Waals surface area (Å²) in [6, 6.07) is 12.4. The van der Waals surface area contributed by atoms with Crippen LogP contribution in [0.25, 0.3) is 0 Å². The van der Waals surface area contributed by atoms with Crippen LogP contribution in [0.3, 0.4) is 0 Å². The van der Waals surface area contributed by atoms with E-state index in [-0.39, 0.29) is 24.0 Å². The molecule has 0 aliphatic heterocycles. The van der Waals surface area contributed by atoms with Gasteiger partial charge in [-0.2, -0.15) is 5.10 Å². The Hall–Kier alpha value is -1.98. The molecule has 5 nitrogen and oxygen atoms in total. The van der Waals surface area contributed by atoms with Crippen molar-refractivity contribution >= 4 is 17.5 Å². The maximum atomic E-state index is 11.7. The Kier molecular flexibility index (Phi) is 5.03. The summed E-state index contributed by atoms with van der Waals surface area (Å²) in [4.78, 5) is 11.7. The zero-order chi connectivity index (χ0) is 14.4. The first-order chi connectivity index (χ1) is 9.65. The molecule has 104 valence electrons. The molecule has 6 heteroatoms. The van der Waals surface area contributed by atoms with Crippen LogP contribution in [0.15, 0.2) is 42.5 Å². The van der Waals surface area contributed by atoms with Crippen molar-refractivity contribution in [2.24, 2.45) is 0 Å². The van der Waals surface area contributed by atoms with Crippen molar-refractivity contribution in [1.82, 2.24) is 15.5 Å². The largest absolute Gasteiger partial charge is 0.387 e. The van der Waals surface area contributed by atoms with Gasteiger partial charge in [0.15, 0.2) is 5.15 Å². The first kappa shape index (κ1) is 14.4. The summed E-state index contributed by atoms with van der Waals surface area (Å²) in [5, 5.41) is 20.3. The molecule has 0 bridgehead atoms. The number of carbonyl (C=O) groups excluding carboxylic acids is 1. The molecule has 2 aromatic rings. The number of halogens is 1. The monoisotopic (exact) mass is 291 g/mol. The van der Waals surface area contributed by atoms with Crippen molar-refractivity contribution in [1.29, 1.82) is 0 Å². The number of benzene rings is 1. The lowest BCUT2D eigenvalue weighted by molar-refractivity contribution is -0.121. The molecule has 2 N–H and O–H groups in total. The Bertz CT molecular complexity index is 560. The van der Waals surface area contributed by atoms with Crippen LogP contribution in [0.4, 0.5) is 0 Å². The van der Waals surface area contributed by atoms with Gasteiger partial charge in [-0.25, -0.2) is 0 Å². The zero-order valence-corrected chi connectivity index (χ0v) is 11.4. The van der Waals surface area contributed by atoms with E-state index in [0.717, 1.165) is 5.56 Å². The Morgan fingerprint density at radius 2 is 1.95 bits per heavy atom. The molecule has 0 aliphatic rings. The molecule has 1 amide bonds. The van der Waals surface area contributed by atoms with E-state index in [4.69, 9.17) is 11.6 Å². The van der Waals surface area contributed by atoms with Crippen molar-refractivity contribution in [2.45, 2.75) is 12.5 Å². The average molecular weight is 292 g/mol. The smallest absolute Gasteiger partial charge is 0.226 e. The first-order valence-electron chi connectivity index (χ1n) is 6.13. The summed E-state index contributed by atoms with van der Waals surface area (Å²) in [6.07, 6.45) is -0.623. The molecule has 2 rings (SSSR count). The third kappa shape index (κ3) is 4.29. The Balaban J connectivity index is 1.82. The fraction of sp³-hybridized carbons (Fsp3) is 0.214. The van der Waals surface area contributed by atoms with Crippen LogP contribution in [0, 0.1) is 0 Å². The summed E-state index contributed by atoms with van der Waals surface area (Å²) in [5.74, 6) is -0.225. The SMILES string of the molecule is O=C(Cc1ccc(Cl)nn1)NCC(O)c1ccccc1. The van der Waals surface area contributed by atoms with Crippen LogP contribution < -0.4 is 5.32 Å². The van der Waals surface area contributed by atoms with E-state index in [1.807, 2.05) is 30.3 Å². The predicted octanol–water partition coefficient (Wildman–Crippen LogP) is 1.52. The lowest BCUT2D eigenvalue weighted by atomic mass is 10.1. The van der Waals surface area contributed by atoms with Gasteiger partial charge in [0, 0.05) is 6.54 Å². The van der Waals surface area contributed by atoms with Crippen molar-refractivity contribution in [3.05, 3.63) is 58.9 Å². The second kappa shape index (κ2) is 6.98. The highest BCUT2D eigenvalue weighted by molar-refractivity contribution is 6.29. The second-order valence-electron chi connectivity index (χ2n) is 4.25. The van der Waals surface area contributed by atoms with Crippen LogP contribution in [0.5, 0.6) is 0 Å². The summed E-state index contributed by atoms with van der Waals surface area (Å²) in [6.45, 7) is 0.157. The second-order valence-corrected chi connectivity index (χ2v) is 4.64. The molecule has 20 heavy (non-hydrogen) atoms. The van der Waals surface area contributed by atoms with E-state index < -0.39 is 6.10 Å². The fourth-order valence-corrected chi connectivity index (χ4v) is 1.77. The van der Waals surface area contributed by atoms with E-state index >= 15 is 0 Å². The number of rotatable bonds is 5. The molecule has 1 atom stereocenters.